The summed E-state index contributed by atoms with van der Waals surface area (Å²) in [6, 6.07) is 18.8. The van der Waals surface area contributed by atoms with Crippen LogP contribution in [-0.4, -0.2) is 109 Å². The monoisotopic (exact) mass is 1100 g/mol. The summed E-state index contributed by atoms with van der Waals surface area (Å²) in [7, 11) is 0. The zero-order chi connectivity index (χ0) is 56.2. The summed E-state index contributed by atoms with van der Waals surface area (Å²) >= 11 is 7.81. The summed E-state index contributed by atoms with van der Waals surface area (Å²) in [5.74, 6) is -1.58. The molecule has 8 N–H and O–H groups in total. The maximum atomic E-state index is 14.6. The van der Waals surface area contributed by atoms with Crippen molar-refractivity contribution in [2.75, 3.05) is 38.2 Å². The standard InChI is InChI=1S/C58H78ClN9O8S/c1-35(37-16-18-38(19-17-37)48-36(2)64-34-77-48)65-51(71)46-30-43(75-53(73)45(62)15-11-12-26-60)32-68(46)52(72)49(56(3,4)5)66-47(69)33-74-28-14-10-13-27-63-41-23-20-39(21-24-41)50(70)67-54-57(6,7)55(58(54,8)9)76-42-25-22-40(31-61)44(59)29-42/h16-25,29,34-35,43,45-46,49,54-55,63H,10-15,26-28,30,32-33,60,62H2,1-9H3,(H,65,71)(H,66,69)(H,67,70)/t35-,43?,45-,46-,49+,54-,55-/m0/s1. The summed E-state index contributed by atoms with van der Waals surface area (Å²) in [6.07, 6.45) is 3.17. The third kappa shape index (κ3) is 15.3. The maximum Gasteiger partial charge on any atom is 0.323 e. The van der Waals surface area contributed by atoms with E-state index in [1.165, 1.54) is 4.90 Å². The molecule has 1 aromatic heterocycles. The van der Waals surface area contributed by atoms with Gasteiger partial charge in [-0.25, -0.2) is 4.98 Å². The van der Waals surface area contributed by atoms with Crippen molar-refractivity contribution in [2.45, 2.75) is 150 Å². The largest absolute Gasteiger partial charge is 0.489 e. The van der Waals surface area contributed by atoms with Crippen molar-refractivity contribution in [3.8, 4) is 22.3 Å². The highest BCUT2D eigenvalue weighted by Crippen LogP contribution is 2.55. The SMILES string of the molecule is Cc1ncsc1-c1ccc([C@H](C)NC(=O)[C@@H]2CC(OC(=O)[C@@H](N)CCCCN)CN2C(=O)[C@@H](NC(=O)COCCCCCNc2ccc(C(=O)N[C@H]3C(C)(C)[C@H](Oc4ccc(C#N)c(Cl)c4)C3(C)C)cc2)C(C)(C)C)cc1. The predicted octanol–water partition coefficient (Wildman–Crippen LogP) is 8.23. The number of carbonyl (C=O) groups is 5. The average molecular weight is 1100 g/mol. The molecule has 77 heavy (non-hydrogen) atoms. The molecule has 2 fully saturated rings. The van der Waals surface area contributed by atoms with Crippen LogP contribution in [0.5, 0.6) is 5.75 Å². The van der Waals surface area contributed by atoms with E-state index in [0.717, 1.165) is 40.2 Å². The van der Waals surface area contributed by atoms with E-state index in [4.69, 9.17) is 37.3 Å². The van der Waals surface area contributed by atoms with Crippen LogP contribution >= 0.6 is 22.9 Å². The number of anilines is 1. The zero-order valence-electron chi connectivity index (χ0n) is 46.0. The van der Waals surface area contributed by atoms with Gasteiger partial charge in [-0.3, -0.25) is 24.0 Å². The Morgan fingerprint density at radius 1 is 0.948 bits per heavy atom. The molecule has 4 aromatic rings. The number of benzene rings is 3. The normalized spacial score (nSPS) is 19.6. The molecule has 5 atom stereocenters. The highest BCUT2D eigenvalue weighted by molar-refractivity contribution is 7.13. The van der Waals surface area contributed by atoms with Crippen LogP contribution in [0.2, 0.25) is 5.02 Å². The Labute approximate surface area is 462 Å². The van der Waals surface area contributed by atoms with Crippen LogP contribution in [0.15, 0.2) is 72.2 Å². The van der Waals surface area contributed by atoms with Crippen molar-refractivity contribution in [1.82, 2.24) is 25.8 Å². The van der Waals surface area contributed by atoms with E-state index in [1.807, 2.05) is 71.0 Å². The molecule has 17 nitrogen and oxygen atoms in total. The second-order valence-corrected chi connectivity index (χ2v) is 23.9. The van der Waals surface area contributed by atoms with Crippen molar-refractivity contribution in [1.29, 1.82) is 5.26 Å². The summed E-state index contributed by atoms with van der Waals surface area (Å²) < 4.78 is 18.0. The van der Waals surface area contributed by atoms with E-state index in [0.29, 0.717) is 67.3 Å². The fourth-order valence-corrected chi connectivity index (χ4v) is 11.6. The second kappa shape index (κ2) is 26.5. The van der Waals surface area contributed by atoms with Gasteiger partial charge >= 0.3 is 5.97 Å². The number of nitrogens with two attached hydrogens (primary N) is 2. The third-order valence-corrected chi connectivity index (χ3v) is 16.0. The number of nitriles is 1. The number of unbranched alkanes of at least 4 members (excludes halogenated alkanes) is 3. The Bertz CT molecular complexity index is 2700. The lowest BCUT2D eigenvalue weighted by Gasteiger charge is -2.63. The first-order chi connectivity index (χ1) is 36.5. The molecule has 0 bridgehead atoms. The molecule has 2 heterocycles. The molecule has 416 valence electrons. The number of carbonyl (C=O) groups excluding carboxylic acids is 5. The molecule has 4 amide bonds. The number of halogens is 1. The number of aryl methyl sites for hydroxylation is 1. The van der Waals surface area contributed by atoms with Crippen molar-refractivity contribution >= 4 is 58.2 Å². The number of likely N-dealkylation sites (tertiary alicyclic amines) is 1. The fourth-order valence-electron chi connectivity index (χ4n) is 10.6. The number of rotatable bonds is 25. The quantitative estimate of drug-likeness (QED) is 0.0271. The first kappa shape index (κ1) is 60.1. The molecule has 19 heteroatoms. The van der Waals surface area contributed by atoms with Crippen LogP contribution in [0.25, 0.3) is 10.4 Å². The van der Waals surface area contributed by atoms with Gasteiger partial charge in [0.2, 0.25) is 17.7 Å². The van der Waals surface area contributed by atoms with Crippen LogP contribution in [-0.2, 0) is 28.7 Å². The Morgan fingerprint density at radius 2 is 1.65 bits per heavy atom. The zero-order valence-corrected chi connectivity index (χ0v) is 47.6. The molecule has 1 aliphatic heterocycles. The highest BCUT2D eigenvalue weighted by atomic mass is 35.5. The number of thiazole rings is 1. The van der Waals surface area contributed by atoms with Gasteiger partial charge < -0.3 is 51.8 Å². The summed E-state index contributed by atoms with van der Waals surface area (Å²) in [4.78, 5) is 75.5. The molecule has 1 saturated heterocycles. The number of esters is 1. The van der Waals surface area contributed by atoms with E-state index in [9.17, 15) is 29.2 Å². The molecule has 0 radical (unpaired) electrons. The molecular formula is C58H78ClN9O8S. The Hall–Kier alpha value is -6.10. The van der Waals surface area contributed by atoms with Gasteiger partial charge in [0.1, 0.15) is 48.8 Å². The van der Waals surface area contributed by atoms with Gasteiger partial charge in [-0.15, -0.1) is 11.3 Å². The first-order valence-corrected chi connectivity index (χ1v) is 27.9. The minimum Gasteiger partial charge on any atom is -0.489 e. The van der Waals surface area contributed by atoms with Crippen molar-refractivity contribution in [3.63, 3.8) is 0 Å². The average Bonchev–Trinajstić information content (AvgIpc) is 4.03. The van der Waals surface area contributed by atoms with Crippen molar-refractivity contribution in [3.05, 3.63) is 99.6 Å². The third-order valence-electron chi connectivity index (χ3n) is 14.7. The van der Waals surface area contributed by atoms with Gasteiger partial charge in [-0.05, 0) is 105 Å². The van der Waals surface area contributed by atoms with Gasteiger partial charge in [0, 0.05) is 53.8 Å². The lowest BCUT2D eigenvalue weighted by Crippen LogP contribution is -2.74. The van der Waals surface area contributed by atoms with E-state index in [1.54, 1.807) is 47.2 Å². The lowest BCUT2D eigenvalue weighted by molar-refractivity contribution is -0.164. The van der Waals surface area contributed by atoms with Gasteiger partial charge in [0.15, 0.2) is 0 Å². The molecule has 1 unspecified atom stereocenters. The minimum atomic E-state index is -1.03. The number of nitrogens with one attached hydrogen (secondary N) is 4. The molecule has 0 spiro atoms. The van der Waals surface area contributed by atoms with Gasteiger partial charge in [0.05, 0.1) is 39.3 Å². The molecule has 2 aliphatic rings. The number of hydrogen-bond donors (Lipinski definition) is 6. The van der Waals surface area contributed by atoms with E-state index < -0.39 is 70.2 Å². The highest BCUT2D eigenvalue weighted by Gasteiger charge is 2.64. The molecule has 1 saturated carbocycles. The number of ether oxygens (including phenoxy) is 3. The molecule has 6 rings (SSSR count). The number of amides is 4. The second-order valence-electron chi connectivity index (χ2n) is 22.6. The first-order valence-electron chi connectivity index (χ1n) is 26.6. The van der Waals surface area contributed by atoms with Crippen LogP contribution in [0.3, 0.4) is 0 Å². The maximum absolute atomic E-state index is 14.6. The fraction of sp³-hybridized carbons (Fsp3) is 0.534. The summed E-state index contributed by atoms with van der Waals surface area (Å²) in [5, 5.41) is 22.2. The van der Waals surface area contributed by atoms with E-state index in [2.05, 4.69) is 60.0 Å². The smallest absolute Gasteiger partial charge is 0.323 e. The number of nitrogens with zero attached hydrogens (tertiary/aromatic N) is 3. The van der Waals surface area contributed by atoms with Crippen molar-refractivity contribution in [2.24, 2.45) is 27.7 Å². The van der Waals surface area contributed by atoms with Gasteiger partial charge in [-0.1, -0.05) is 90.8 Å². The summed E-state index contributed by atoms with van der Waals surface area (Å²) in [6.45, 7) is 18.8. The lowest BCUT2D eigenvalue weighted by atomic mass is 9.49. The Kier molecular flexibility index (Phi) is 20.7. The van der Waals surface area contributed by atoms with Gasteiger partial charge in [-0.2, -0.15) is 5.26 Å². The number of hydrogen-bond acceptors (Lipinski definition) is 14. The molecular weight excluding hydrogens is 1020 g/mol. The van der Waals surface area contributed by atoms with Gasteiger partial charge in [0.25, 0.3) is 5.91 Å². The van der Waals surface area contributed by atoms with Crippen LogP contribution in [0.1, 0.15) is 134 Å². The van der Waals surface area contributed by atoms with Crippen LogP contribution in [0, 0.1) is 34.5 Å². The Balaban J connectivity index is 0.949. The molecule has 3 aromatic carbocycles. The molecule has 1 aliphatic carbocycles. The topological polar surface area (TPSA) is 253 Å². The summed E-state index contributed by atoms with van der Waals surface area (Å²) in [5.41, 5.74) is 16.7. The van der Waals surface area contributed by atoms with E-state index >= 15 is 0 Å². The van der Waals surface area contributed by atoms with Crippen molar-refractivity contribution < 1.29 is 38.2 Å². The minimum absolute atomic E-state index is 0.0539. The number of aromatic nitrogens is 1. The van der Waals surface area contributed by atoms with Crippen LogP contribution < -0.4 is 37.5 Å². The van der Waals surface area contributed by atoms with E-state index in [-0.39, 0.29) is 37.6 Å². The predicted molar refractivity (Wildman–Crippen MR) is 300 cm³/mol. The van der Waals surface area contributed by atoms with Crippen LogP contribution in [0.4, 0.5) is 5.69 Å². The Morgan fingerprint density at radius 3 is 2.27 bits per heavy atom.